The van der Waals surface area contributed by atoms with E-state index < -0.39 is 10.0 Å². The summed E-state index contributed by atoms with van der Waals surface area (Å²) >= 11 is 1.28. The quantitative estimate of drug-likeness (QED) is 0.224. The molecule has 0 saturated heterocycles. The summed E-state index contributed by atoms with van der Waals surface area (Å²) in [7, 11) is -2.27. The number of rotatable bonds is 9. The van der Waals surface area contributed by atoms with Gasteiger partial charge in [0.1, 0.15) is 0 Å². The number of carbonyl (C=O) groups is 1. The fraction of sp³-hybridized carbons (Fsp3) is 0.133. The average Bonchev–Trinajstić information content (AvgIpc) is 3.76. The van der Waals surface area contributed by atoms with Crippen LogP contribution in [0.3, 0.4) is 0 Å². The molecule has 10 nitrogen and oxygen atoms in total. The van der Waals surface area contributed by atoms with E-state index in [9.17, 15) is 13.2 Å². The van der Waals surface area contributed by atoms with Gasteiger partial charge in [0.2, 0.25) is 5.95 Å². The monoisotopic (exact) mass is 598 g/mol. The van der Waals surface area contributed by atoms with Crippen molar-refractivity contribution in [2.24, 2.45) is 0 Å². The van der Waals surface area contributed by atoms with Crippen molar-refractivity contribution in [3.63, 3.8) is 0 Å². The number of oxazole rings is 1. The number of imidazole rings is 1. The number of aromatic nitrogens is 4. The lowest BCUT2D eigenvalue weighted by Gasteiger charge is -2.19. The van der Waals surface area contributed by atoms with Gasteiger partial charge in [-0.2, -0.15) is 0 Å². The second-order valence-corrected chi connectivity index (χ2v) is 12.7. The third-order valence-corrected chi connectivity index (χ3v) is 9.75. The number of pyridine rings is 1. The minimum Gasteiger partial charge on any atom is -0.443 e. The van der Waals surface area contributed by atoms with E-state index in [4.69, 9.17) is 9.40 Å². The summed E-state index contributed by atoms with van der Waals surface area (Å²) < 4.78 is 35.2. The zero-order valence-electron chi connectivity index (χ0n) is 22.8. The van der Waals surface area contributed by atoms with E-state index >= 15 is 0 Å². The highest BCUT2D eigenvalue weighted by molar-refractivity contribution is 7.92. The fourth-order valence-corrected chi connectivity index (χ4v) is 6.56. The smallest absolute Gasteiger partial charge is 0.268 e. The Morgan fingerprint density at radius 3 is 2.62 bits per heavy atom. The van der Waals surface area contributed by atoms with Gasteiger partial charge < -0.3 is 8.98 Å². The van der Waals surface area contributed by atoms with Crippen molar-refractivity contribution in [1.82, 2.24) is 19.5 Å². The maximum absolute atomic E-state index is 13.3. The molecule has 6 rings (SSSR count). The van der Waals surface area contributed by atoms with Crippen LogP contribution in [0, 0.1) is 6.92 Å². The third kappa shape index (κ3) is 5.41. The molecule has 0 aliphatic heterocycles. The van der Waals surface area contributed by atoms with Crippen molar-refractivity contribution >= 4 is 49.9 Å². The molecule has 1 N–H and O–H groups in total. The van der Waals surface area contributed by atoms with Crippen LogP contribution < -0.4 is 9.62 Å². The summed E-state index contributed by atoms with van der Waals surface area (Å²) in [4.78, 5) is 27.6. The van der Waals surface area contributed by atoms with Crippen LogP contribution >= 0.6 is 11.3 Å². The second-order valence-electron chi connectivity index (χ2n) is 9.64. The van der Waals surface area contributed by atoms with Gasteiger partial charge in [-0.05, 0) is 67.4 Å². The normalized spacial score (nSPS) is 11.6. The van der Waals surface area contributed by atoms with Gasteiger partial charge in [0.05, 0.1) is 37.6 Å². The molecule has 4 aromatic heterocycles. The van der Waals surface area contributed by atoms with Crippen molar-refractivity contribution in [3.8, 4) is 10.6 Å². The molecule has 12 heteroatoms. The summed E-state index contributed by atoms with van der Waals surface area (Å²) in [5.41, 5.74) is 3.77. The molecule has 0 fully saturated rings. The number of hydrogen-bond acceptors (Lipinski definition) is 8. The first-order valence-electron chi connectivity index (χ1n) is 13.0. The molecule has 0 spiro atoms. The van der Waals surface area contributed by atoms with Gasteiger partial charge in [0, 0.05) is 26.0 Å². The number of nitrogens with one attached hydrogen (secondary N) is 1. The maximum atomic E-state index is 13.3. The van der Waals surface area contributed by atoms with Crippen molar-refractivity contribution in [2.75, 3.05) is 16.7 Å². The highest BCUT2D eigenvalue weighted by Crippen LogP contribution is 2.31. The topological polar surface area (TPSA) is 123 Å². The maximum Gasteiger partial charge on any atom is 0.268 e. The number of anilines is 2. The van der Waals surface area contributed by atoms with Crippen LogP contribution in [0.25, 0.3) is 21.7 Å². The zero-order chi connectivity index (χ0) is 29.3. The molecule has 0 radical (unpaired) electrons. The van der Waals surface area contributed by atoms with E-state index in [1.54, 1.807) is 61.1 Å². The van der Waals surface area contributed by atoms with E-state index in [0.29, 0.717) is 40.8 Å². The summed E-state index contributed by atoms with van der Waals surface area (Å²) in [5, 5.41) is 2.95. The largest absolute Gasteiger partial charge is 0.443 e. The molecule has 0 aliphatic carbocycles. The van der Waals surface area contributed by atoms with Crippen LogP contribution in [0.1, 0.15) is 20.8 Å². The van der Waals surface area contributed by atoms with Crippen molar-refractivity contribution in [3.05, 3.63) is 108 Å². The Balaban J connectivity index is 1.33. The van der Waals surface area contributed by atoms with E-state index in [0.717, 1.165) is 21.5 Å². The Labute approximate surface area is 246 Å². The predicted molar refractivity (Wildman–Crippen MR) is 162 cm³/mol. The van der Waals surface area contributed by atoms with Crippen LogP contribution in [0.2, 0.25) is 0 Å². The van der Waals surface area contributed by atoms with E-state index in [1.807, 2.05) is 35.8 Å². The molecule has 1 amide bonds. The third-order valence-electron chi connectivity index (χ3n) is 6.85. The van der Waals surface area contributed by atoms with Crippen LogP contribution in [0.15, 0.2) is 101 Å². The Kier molecular flexibility index (Phi) is 7.31. The molecule has 212 valence electrons. The fourth-order valence-electron chi connectivity index (χ4n) is 4.52. The molecule has 0 aliphatic rings. The van der Waals surface area contributed by atoms with Gasteiger partial charge in [-0.1, -0.05) is 23.8 Å². The van der Waals surface area contributed by atoms with Gasteiger partial charge in [0.15, 0.2) is 12.2 Å². The Bertz CT molecular complexity index is 1970. The molecular formula is C30H26N6O4S2. The lowest BCUT2D eigenvalue weighted by molar-refractivity contribution is 0.102. The molecule has 0 unspecified atom stereocenters. The summed E-state index contributed by atoms with van der Waals surface area (Å²) in [6, 6.07) is 19.4. The Morgan fingerprint density at radius 2 is 1.88 bits per heavy atom. The first-order valence-corrected chi connectivity index (χ1v) is 15.3. The highest BCUT2D eigenvalue weighted by Gasteiger charge is 2.23. The number of sulfonamides is 1. The first kappa shape index (κ1) is 27.4. The average molecular weight is 599 g/mol. The summed E-state index contributed by atoms with van der Waals surface area (Å²) in [6.45, 7) is 2.42. The summed E-state index contributed by atoms with van der Waals surface area (Å²) in [5.74, 6) is 0.623. The van der Waals surface area contributed by atoms with Gasteiger partial charge in [-0.25, -0.2) is 18.4 Å². The molecule has 2 aromatic carbocycles. The Hall–Kier alpha value is -4.81. The number of hydrogen-bond donors (Lipinski definition) is 1. The molecule has 6 aromatic rings. The predicted octanol–water partition coefficient (Wildman–Crippen LogP) is 5.78. The molecule has 42 heavy (non-hydrogen) atoms. The lowest BCUT2D eigenvalue weighted by atomic mass is 10.2. The number of aryl methyl sites for hydroxylation is 3. The van der Waals surface area contributed by atoms with Gasteiger partial charge in [-0.15, -0.1) is 11.3 Å². The number of nitrogens with zero attached hydrogens (tertiary/aromatic N) is 5. The van der Waals surface area contributed by atoms with Crippen LogP contribution in [-0.4, -0.2) is 40.9 Å². The molecular weight excluding hydrogens is 573 g/mol. The van der Waals surface area contributed by atoms with Gasteiger partial charge in [-0.3, -0.25) is 19.4 Å². The second kappa shape index (κ2) is 11.2. The molecule has 0 saturated carbocycles. The SMILES string of the molecule is Cc1ccc(S(=O)(=O)N(C)c2ccc3c(c2)nc(NC(=O)c2ccc(-c4cnco4)s2)n3CCc2cccnc2)cc1. The number of carbonyl (C=O) groups excluding carboxylic acids is 1. The van der Waals surface area contributed by atoms with Crippen molar-refractivity contribution in [2.45, 2.75) is 24.8 Å². The minimum absolute atomic E-state index is 0.200. The molecule has 0 atom stereocenters. The minimum atomic E-state index is -3.79. The first-order chi connectivity index (χ1) is 20.3. The van der Waals surface area contributed by atoms with E-state index in [1.165, 1.54) is 29.1 Å². The highest BCUT2D eigenvalue weighted by atomic mass is 32.2. The molecule has 0 bridgehead atoms. The molecule has 4 heterocycles. The number of thiophene rings is 1. The van der Waals surface area contributed by atoms with Crippen molar-refractivity contribution in [1.29, 1.82) is 0 Å². The van der Waals surface area contributed by atoms with Crippen LogP contribution in [-0.2, 0) is 23.0 Å². The zero-order valence-corrected chi connectivity index (χ0v) is 24.4. The van der Waals surface area contributed by atoms with Gasteiger partial charge in [0.25, 0.3) is 15.9 Å². The standard InChI is InChI=1S/C30H26N6O4S2/c1-20-5-8-23(9-6-20)42(38,39)35(2)22-7-10-25-24(16-22)33-30(36(25)15-13-21-4-3-14-31-17-21)34-29(37)28-12-11-27(41-28)26-18-32-19-40-26/h3-12,14,16-19H,13,15H2,1-2H3,(H,33,34,37). The Morgan fingerprint density at radius 1 is 1.05 bits per heavy atom. The summed E-state index contributed by atoms with van der Waals surface area (Å²) in [6.07, 6.45) is 7.12. The lowest BCUT2D eigenvalue weighted by Crippen LogP contribution is -2.26. The number of fused-ring (bicyclic) bond motifs is 1. The van der Waals surface area contributed by atoms with Crippen LogP contribution in [0.5, 0.6) is 0 Å². The van der Waals surface area contributed by atoms with Crippen molar-refractivity contribution < 1.29 is 17.6 Å². The van der Waals surface area contributed by atoms with Crippen LogP contribution in [0.4, 0.5) is 11.6 Å². The van der Waals surface area contributed by atoms with Gasteiger partial charge >= 0.3 is 0 Å². The van der Waals surface area contributed by atoms with E-state index in [-0.39, 0.29) is 10.8 Å². The number of amides is 1. The van der Waals surface area contributed by atoms with E-state index in [2.05, 4.69) is 15.3 Å². The number of benzene rings is 2.